The predicted molar refractivity (Wildman–Crippen MR) is 91.8 cm³/mol. The summed E-state index contributed by atoms with van der Waals surface area (Å²) < 4.78 is 33.3. The van der Waals surface area contributed by atoms with Gasteiger partial charge in [0.15, 0.2) is 0 Å². The van der Waals surface area contributed by atoms with Crippen molar-refractivity contribution in [3.63, 3.8) is 0 Å². The molecule has 0 fully saturated rings. The van der Waals surface area contributed by atoms with Crippen molar-refractivity contribution >= 4 is 15.7 Å². The number of benzene rings is 2. The summed E-state index contributed by atoms with van der Waals surface area (Å²) in [6.07, 6.45) is 1.76. The number of anilines is 1. The van der Waals surface area contributed by atoms with Crippen LogP contribution in [0.5, 0.6) is 5.75 Å². The van der Waals surface area contributed by atoms with Crippen LogP contribution in [0.15, 0.2) is 41.3 Å². The average molecular weight is 331 g/mol. The molecular formula is C18H21NO3S. The van der Waals surface area contributed by atoms with E-state index < -0.39 is 10.0 Å². The topological polar surface area (TPSA) is 46.6 Å². The van der Waals surface area contributed by atoms with Crippen LogP contribution in [0.25, 0.3) is 0 Å². The largest absolute Gasteiger partial charge is 0.497 e. The Hall–Kier alpha value is -2.01. The van der Waals surface area contributed by atoms with E-state index in [0.29, 0.717) is 28.3 Å². The van der Waals surface area contributed by atoms with Gasteiger partial charge in [-0.2, -0.15) is 0 Å². The zero-order valence-electron chi connectivity index (χ0n) is 13.7. The number of hydrogen-bond acceptors (Lipinski definition) is 3. The molecule has 1 aliphatic heterocycles. The maximum atomic E-state index is 13.3. The minimum Gasteiger partial charge on any atom is -0.497 e. The Kier molecular flexibility index (Phi) is 4.06. The first-order valence-electron chi connectivity index (χ1n) is 7.71. The summed E-state index contributed by atoms with van der Waals surface area (Å²) >= 11 is 0. The van der Waals surface area contributed by atoms with E-state index >= 15 is 0 Å². The van der Waals surface area contributed by atoms with Crippen LogP contribution in [-0.2, 0) is 16.4 Å². The molecule has 0 aromatic heterocycles. The van der Waals surface area contributed by atoms with Gasteiger partial charge < -0.3 is 4.74 Å². The smallest absolute Gasteiger partial charge is 0.264 e. The van der Waals surface area contributed by atoms with Crippen molar-refractivity contribution < 1.29 is 13.2 Å². The molecule has 0 N–H and O–H groups in total. The molecule has 23 heavy (non-hydrogen) atoms. The number of methoxy groups -OCH3 is 1. The normalized spacial score (nSPS) is 14.5. The highest BCUT2D eigenvalue weighted by atomic mass is 32.2. The number of fused-ring (bicyclic) bond motifs is 1. The lowest BCUT2D eigenvalue weighted by Gasteiger charge is -2.31. The number of aryl methyl sites for hydroxylation is 3. The van der Waals surface area contributed by atoms with Crippen LogP contribution in [0.3, 0.4) is 0 Å². The van der Waals surface area contributed by atoms with Gasteiger partial charge in [-0.1, -0.05) is 18.2 Å². The van der Waals surface area contributed by atoms with Crippen molar-refractivity contribution in [2.45, 2.75) is 31.6 Å². The first kappa shape index (κ1) is 15.9. The molecule has 0 spiro atoms. The second-order valence-electron chi connectivity index (χ2n) is 5.90. The van der Waals surface area contributed by atoms with Crippen molar-refractivity contribution in [1.82, 2.24) is 0 Å². The summed E-state index contributed by atoms with van der Waals surface area (Å²) in [4.78, 5) is 0.384. The Balaban J connectivity index is 2.14. The van der Waals surface area contributed by atoms with Crippen LogP contribution in [0.4, 0.5) is 5.69 Å². The zero-order valence-corrected chi connectivity index (χ0v) is 14.5. The summed E-state index contributed by atoms with van der Waals surface area (Å²) in [6.45, 7) is 4.15. The van der Waals surface area contributed by atoms with Gasteiger partial charge >= 0.3 is 0 Å². The lowest BCUT2D eigenvalue weighted by Crippen LogP contribution is -2.36. The van der Waals surface area contributed by atoms with Crippen molar-refractivity contribution in [2.24, 2.45) is 0 Å². The van der Waals surface area contributed by atoms with Crippen LogP contribution < -0.4 is 9.04 Å². The molecule has 0 saturated heterocycles. The van der Waals surface area contributed by atoms with Crippen molar-refractivity contribution in [1.29, 1.82) is 0 Å². The van der Waals surface area contributed by atoms with Crippen molar-refractivity contribution in [2.75, 3.05) is 18.0 Å². The van der Waals surface area contributed by atoms with Gasteiger partial charge in [0.25, 0.3) is 10.0 Å². The second kappa shape index (κ2) is 5.89. The third-order valence-corrected chi connectivity index (χ3v) is 6.40. The summed E-state index contributed by atoms with van der Waals surface area (Å²) in [5.74, 6) is 0.679. The van der Waals surface area contributed by atoms with Gasteiger partial charge in [0, 0.05) is 6.54 Å². The molecule has 0 amide bonds. The molecule has 0 radical (unpaired) electrons. The fraction of sp³-hybridized carbons (Fsp3) is 0.333. The van der Waals surface area contributed by atoms with Crippen molar-refractivity contribution in [3.05, 3.63) is 53.1 Å². The van der Waals surface area contributed by atoms with E-state index in [1.165, 1.54) is 0 Å². The van der Waals surface area contributed by atoms with Gasteiger partial charge in [0.2, 0.25) is 0 Å². The summed E-state index contributed by atoms with van der Waals surface area (Å²) in [5, 5.41) is 0. The van der Waals surface area contributed by atoms with Crippen LogP contribution >= 0.6 is 0 Å². The summed E-state index contributed by atoms with van der Waals surface area (Å²) in [7, 11) is -2.00. The van der Waals surface area contributed by atoms with Gasteiger partial charge in [-0.15, -0.1) is 0 Å². The Morgan fingerprint density at radius 3 is 2.39 bits per heavy atom. The molecule has 0 saturated carbocycles. The highest BCUT2D eigenvalue weighted by molar-refractivity contribution is 7.93. The number of para-hydroxylation sites is 1. The minimum absolute atomic E-state index is 0.384. The van der Waals surface area contributed by atoms with Gasteiger partial charge in [0.05, 0.1) is 17.7 Å². The van der Waals surface area contributed by atoms with E-state index in [9.17, 15) is 8.42 Å². The quantitative estimate of drug-likeness (QED) is 0.865. The number of ether oxygens (including phenoxy) is 1. The van der Waals surface area contributed by atoms with Crippen LogP contribution in [0.2, 0.25) is 0 Å². The Labute approximate surface area is 137 Å². The van der Waals surface area contributed by atoms with E-state index in [2.05, 4.69) is 0 Å². The maximum Gasteiger partial charge on any atom is 0.264 e. The van der Waals surface area contributed by atoms with E-state index in [1.807, 2.05) is 38.1 Å². The Bertz CT molecular complexity index is 820. The molecule has 2 aromatic carbocycles. The van der Waals surface area contributed by atoms with Gasteiger partial charge in [0.1, 0.15) is 5.75 Å². The van der Waals surface area contributed by atoms with Gasteiger partial charge in [-0.3, -0.25) is 4.31 Å². The van der Waals surface area contributed by atoms with Gasteiger partial charge in [-0.05, 0) is 61.6 Å². The molecule has 4 nitrogen and oxygen atoms in total. The zero-order chi connectivity index (χ0) is 16.6. The molecule has 0 unspecified atom stereocenters. The minimum atomic E-state index is -3.58. The first-order chi connectivity index (χ1) is 10.9. The van der Waals surface area contributed by atoms with E-state index in [0.717, 1.165) is 24.1 Å². The standard InChI is InChI=1S/C18H21NO3S/c1-13-11-16(22-3)12-14(2)18(13)23(20,21)19-10-6-8-15-7-4-5-9-17(15)19/h4-5,7,9,11-12H,6,8,10H2,1-3H3. The fourth-order valence-electron chi connectivity index (χ4n) is 3.29. The van der Waals surface area contributed by atoms with Gasteiger partial charge in [-0.25, -0.2) is 8.42 Å². The molecule has 0 bridgehead atoms. The van der Waals surface area contributed by atoms with Crippen LogP contribution in [0, 0.1) is 13.8 Å². The molecule has 122 valence electrons. The fourth-order valence-corrected chi connectivity index (χ4v) is 5.25. The molecule has 5 heteroatoms. The van der Waals surface area contributed by atoms with Crippen molar-refractivity contribution in [3.8, 4) is 5.75 Å². The summed E-state index contributed by atoms with van der Waals surface area (Å²) in [6, 6.07) is 11.3. The molecule has 0 aliphatic carbocycles. The van der Waals surface area contributed by atoms with Crippen LogP contribution in [0.1, 0.15) is 23.1 Å². The molecule has 3 rings (SSSR count). The Morgan fingerprint density at radius 1 is 1.09 bits per heavy atom. The Morgan fingerprint density at radius 2 is 1.74 bits per heavy atom. The predicted octanol–water partition coefficient (Wildman–Crippen LogP) is 3.45. The number of hydrogen-bond donors (Lipinski definition) is 0. The lowest BCUT2D eigenvalue weighted by atomic mass is 10.0. The molecule has 1 heterocycles. The lowest BCUT2D eigenvalue weighted by molar-refractivity contribution is 0.413. The molecular weight excluding hydrogens is 310 g/mol. The maximum absolute atomic E-state index is 13.3. The SMILES string of the molecule is COc1cc(C)c(S(=O)(=O)N2CCCc3ccccc32)c(C)c1. The third kappa shape index (κ3) is 2.70. The molecule has 1 aliphatic rings. The van der Waals surface area contributed by atoms with E-state index in [4.69, 9.17) is 4.74 Å². The second-order valence-corrected chi connectivity index (χ2v) is 7.70. The molecule has 2 aromatic rings. The van der Waals surface area contributed by atoms with E-state index in [-0.39, 0.29) is 0 Å². The molecule has 0 atom stereocenters. The number of rotatable bonds is 3. The monoisotopic (exact) mass is 331 g/mol. The number of nitrogens with zero attached hydrogens (tertiary/aromatic N) is 1. The number of sulfonamides is 1. The van der Waals surface area contributed by atoms with E-state index in [1.54, 1.807) is 23.5 Å². The third-order valence-electron chi connectivity index (χ3n) is 4.29. The summed E-state index contributed by atoms with van der Waals surface area (Å²) in [5.41, 5.74) is 3.31. The van der Waals surface area contributed by atoms with Crippen LogP contribution in [-0.4, -0.2) is 22.1 Å². The highest BCUT2D eigenvalue weighted by Gasteiger charge is 2.31. The highest BCUT2D eigenvalue weighted by Crippen LogP contribution is 2.35. The first-order valence-corrected chi connectivity index (χ1v) is 9.15. The average Bonchev–Trinajstić information content (AvgIpc) is 2.53.